The van der Waals surface area contributed by atoms with Gasteiger partial charge in [-0.05, 0) is 65.9 Å². The molecule has 0 bridgehead atoms. The van der Waals surface area contributed by atoms with E-state index in [4.69, 9.17) is 0 Å². The van der Waals surface area contributed by atoms with Crippen molar-refractivity contribution >= 4 is 34.5 Å². The summed E-state index contributed by atoms with van der Waals surface area (Å²) in [4.78, 5) is 28.8. The van der Waals surface area contributed by atoms with Crippen molar-refractivity contribution in [3.8, 4) is 0 Å². The van der Waals surface area contributed by atoms with Gasteiger partial charge in [0, 0.05) is 28.0 Å². The maximum absolute atomic E-state index is 13.4. The van der Waals surface area contributed by atoms with Gasteiger partial charge in [-0.15, -0.1) is 11.3 Å². The molecule has 0 radical (unpaired) electrons. The van der Waals surface area contributed by atoms with Gasteiger partial charge in [0.15, 0.2) is 0 Å². The lowest BCUT2D eigenvalue weighted by molar-refractivity contribution is -0.115. The van der Waals surface area contributed by atoms with Gasteiger partial charge in [-0.1, -0.05) is 18.2 Å². The summed E-state index contributed by atoms with van der Waals surface area (Å²) in [5, 5.41) is 9.30. The summed E-state index contributed by atoms with van der Waals surface area (Å²) in [5.74, 6) is -0.154. The molecule has 32 heavy (non-hydrogen) atoms. The number of carbonyl (C=O) groups is 2. The van der Waals surface area contributed by atoms with E-state index in [1.165, 1.54) is 0 Å². The molecule has 4 aromatic rings. The quantitative estimate of drug-likeness (QED) is 0.501. The maximum Gasteiger partial charge on any atom is 0.258 e. The Bertz CT molecular complexity index is 1290. The lowest BCUT2D eigenvalue weighted by Crippen LogP contribution is -2.30. The fraction of sp³-hybridized carbons (Fsp3) is 0.160. The monoisotopic (exact) mass is 442 g/mol. The highest BCUT2D eigenvalue weighted by Gasteiger charge is 2.25. The van der Waals surface area contributed by atoms with E-state index in [0.29, 0.717) is 30.8 Å². The van der Waals surface area contributed by atoms with Crippen LogP contribution in [0.25, 0.3) is 0 Å². The molecule has 0 atom stereocenters. The second-order valence-corrected chi connectivity index (χ2v) is 8.92. The van der Waals surface area contributed by atoms with Crippen LogP contribution in [0.2, 0.25) is 0 Å². The number of amides is 2. The number of nitrogens with zero attached hydrogens (tertiary/aromatic N) is 3. The Morgan fingerprint density at radius 3 is 2.62 bits per heavy atom. The summed E-state index contributed by atoms with van der Waals surface area (Å²) in [6.07, 6.45) is 2.11. The second kappa shape index (κ2) is 8.43. The molecule has 160 valence electrons. The Morgan fingerprint density at radius 1 is 1.03 bits per heavy atom. The van der Waals surface area contributed by atoms with E-state index in [2.05, 4.69) is 10.4 Å². The van der Waals surface area contributed by atoms with Crippen LogP contribution in [0, 0.1) is 6.92 Å². The third kappa shape index (κ3) is 3.94. The van der Waals surface area contributed by atoms with Crippen LogP contribution in [0.4, 0.5) is 11.4 Å². The molecule has 0 saturated carbocycles. The van der Waals surface area contributed by atoms with Gasteiger partial charge in [0.2, 0.25) is 5.91 Å². The zero-order valence-electron chi connectivity index (χ0n) is 17.6. The molecule has 5 rings (SSSR count). The van der Waals surface area contributed by atoms with Crippen LogP contribution in [0.3, 0.4) is 0 Å². The van der Waals surface area contributed by atoms with Crippen molar-refractivity contribution in [2.45, 2.75) is 26.4 Å². The van der Waals surface area contributed by atoms with Crippen molar-refractivity contribution in [1.29, 1.82) is 0 Å². The molecule has 2 amide bonds. The molecule has 2 aromatic heterocycles. The zero-order valence-corrected chi connectivity index (χ0v) is 18.4. The van der Waals surface area contributed by atoms with E-state index in [1.807, 2.05) is 53.4 Å². The highest BCUT2D eigenvalue weighted by atomic mass is 32.1. The zero-order chi connectivity index (χ0) is 22.1. The third-order valence-electron chi connectivity index (χ3n) is 5.71. The molecule has 1 aliphatic heterocycles. The number of thiophene rings is 1. The smallest absolute Gasteiger partial charge is 0.258 e. The van der Waals surface area contributed by atoms with Crippen molar-refractivity contribution in [3.63, 3.8) is 0 Å². The number of aromatic nitrogens is 2. The van der Waals surface area contributed by atoms with Gasteiger partial charge in [-0.2, -0.15) is 5.10 Å². The molecule has 1 N–H and O–H groups in total. The van der Waals surface area contributed by atoms with Gasteiger partial charge < -0.3 is 10.2 Å². The van der Waals surface area contributed by atoms with Crippen LogP contribution in [0.15, 0.2) is 72.2 Å². The van der Waals surface area contributed by atoms with Crippen LogP contribution in [-0.4, -0.2) is 21.6 Å². The molecule has 0 aliphatic carbocycles. The highest BCUT2D eigenvalue weighted by Crippen LogP contribution is 2.28. The number of nitrogens with one attached hydrogen (secondary N) is 1. The number of para-hydroxylation sites is 1. The van der Waals surface area contributed by atoms with Crippen molar-refractivity contribution < 1.29 is 9.59 Å². The molecular weight excluding hydrogens is 420 g/mol. The van der Waals surface area contributed by atoms with E-state index >= 15 is 0 Å². The number of hydrogen-bond donors (Lipinski definition) is 1. The molecule has 7 heteroatoms. The first-order valence-corrected chi connectivity index (χ1v) is 11.3. The lowest BCUT2D eigenvalue weighted by Gasteiger charge is -2.22. The SMILES string of the molecule is Cc1sccc1CC(=O)Nc1ccc(C(=O)N2Cc3ccnn3Cc3ccccc32)cc1. The Hall–Kier alpha value is -3.71. The average Bonchev–Trinajstić information content (AvgIpc) is 3.37. The predicted molar refractivity (Wildman–Crippen MR) is 126 cm³/mol. The highest BCUT2D eigenvalue weighted by molar-refractivity contribution is 7.10. The normalized spacial score (nSPS) is 12.6. The van der Waals surface area contributed by atoms with Crippen molar-refractivity contribution in [2.75, 3.05) is 10.2 Å². The van der Waals surface area contributed by atoms with Crippen molar-refractivity contribution in [1.82, 2.24) is 9.78 Å². The minimum absolute atomic E-state index is 0.0692. The Kier molecular flexibility index (Phi) is 5.33. The van der Waals surface area contributed by atoms with Crippen LogP contribution in [-0.2, 0) is 24.3 Å². The Morgan fingerprint density at radius 2 is 1.84 bits per heavy atom. The second-order valence-electron chi connectivity index (χ2n) is 7.80. The first kappa shape index (κ1) is 20.2. The summed E-state index contributed by atoms with van der Waals surface area (Å²) in [6, 6.07) is 18.9. The molecular formula is C25H22N4O2S. The third-order valence-corrected chi connectivity index (χ3v) is 6.59. The van der Waals surface area contributed by atoms with Gasteiger partial charge in [-0.3, -0.25) is 14.3 Å². The number of carbonyl (C=O) groups excluding carboxylic acids is 2. The van der Waals surface area contributed by atoms with Gasteiger partial charge >= 0.3 is 0 Å². The van der Waals surface area contributed by atoms with E-state index in [9.17, 15) is 9.59 Å². The number of benzene rings is 2. The minimum atomic E-state index is -0.0844. The molecule has 0 spiro atoms. The number of fused-ring (bicyclic) bond motifs is 2. The van der Waals surface area contributed by atoms with Gasteiger partial charge in [0.1, 0.15) is 0 Å². The fourth-order valence-corrected chi connectivity index (χ4v) is 4.69. The molecule has 0 fully saturated rings. The van der Waals surface area contributed by atoms with E-state index < -0.39 is 0 Å². The minimum Gasteiger partial charge on any atom is -0.326 e. The maximum atomic E-state index is 13.4. The molecule has 0 saturated heterocycles. The van der Waals surface area contributed by atoms with Gasteiger partial charge in [0.25, 0.3) is 5.91 Å². The van der Waals surface area contributed by atoms with Crippen LogP contribution in [0.1, 0.15) is 32.1 Å². The largest absolute Gasteiger partial charge is 0.326 e. The first-order valence-electron chi connectivity index (χ1n) is 10.4. The van der Waals surface area contributed by atoms with Crippen LogP contribution < -0.4 is 10.2 Å². The molecule has 0 unspecified atom stereocenters. The summed E-state index contributed by atoms with van der Waals surface area (Å²) in [5.41, 5.74) is 5.22. The standard InChI is InChI=1S/C25H22N4O2S/c1-17-19(11-13-32-17)14-24(30)27-21-8-6-18(7-9-21)25(31)28-16-22-10-12-26-29(22)15-20-4-2-3-5-23(20)28/h2-13H,14-16H2,1H3,(H,27,30). The number of hydrogen-bond acceptors (Lipinski definition) is 4. The summed E-state index contributed by atoms with van der Waals surface area (Å²) in [6.45, 7) is 3.10. The van der Waals surface area contributed by atoms with Crippen molar-refractivity contribution in [2.24, 2.45) is 0 Å². The molecule has 1 aliphatic rings. The number of anilines is 2. The van der Waals surface area contributed by atoms with Gasteiger partial charge in [0.05, 0.1) is 25.2 Å². The number of rotatable bonds is 4. The Labute approximate surface area is 190 Å². The topological polar surface area (TPSA) is 67.2 Å². The first-order chi connectivity index (χ1) is 15.6. The van der Waals surface area contributed by atoms with E-state index in [-0.39, 0.29) is 11.8 Å². The molecule has 6 nitrogen and oxygen atoms in total. The predicted octanol–water partition coefficient (Wildman–Crippen LogP) is 4.64. The van der Waals surface area contributed by atoms with E-state index in [0.717, 1.165) is 27.4 Å². The van der Waals surface area contributed by atoms with Crippen molar-refractivity contribution in [3.05, 3.63) is 99.5 Å². The summed E-state index contributed by atoms with van der Waals surface area (Å²) in [7, 11) is 0. The molecule has 3 heterocycles. The Balaban J connectivity index is 1.34. The average molecular weight is 443 g/mol. The van der Waals surface area contributed by atoms with Crippen LogP contribution in [0.5, 0.6) is 0 Å². The van der Waals surface area contributed by atoms with Gasteiger partial charge in [-0.25, -0.2) is 0 Å². The van der Waals surface area contributed by atoms with E-state index in [1.54, 1.807) is 46.7 Å². The molecule has 2 aromatic carbocycles. The summed E-state index contributed by atoms with van der Waals surface area (Å²) < 4.78 is 1.93. The fourth-order valence-electron chi connectivity index (χ4n) is 3.96. The summed E-state index contributed by atoms with van der Waals surface area (Å²) >= 11 is 1.64. The van der Waals surface area contributed by atoms with Crippen LogP contribution >= 0.6 is 11.3 Å². The lowest BCUT2D eigenvalue weighted by atomic mass is 10.1. The number of aryl methyl sites for hydroxylation is 1.